The highest BCUT2D eigenvalue weighted by atomic mass is 16.5. The molecule has 1 amide bonds. The summed E-state index contributed by atoms with van der Waals surface area (Å²) in [6.45, 7) is 6.81. The van der Waals surface area contributed by atoms with Gasteiger partial charge in [-0.1, -0.05) is 19.9 Å². The van der Waals surface area contributed by atoms with Gasteiger partial charge in [0.25, 0.3) is 0 Å². The Hall–Kier alpha value is -1.81. The lowest BCUT2D eigenvalue weighted by Gasteiger charge is -2.25. The number of carbonyl (C=O) groups excluding carboxylic acids is 1. The van der Waals surface area contributed by atoms with Gasteiger partial charge in [0.1, 0.15) is 0 Å². The van der Waals surface area contributed by atoms with Gasteiger partial charge in [-0.3, -0.25) is 4.79 Å². The van der Waals surface area contributed by atoms with E-state index in [0.717, 1.165) is 19.6 Å². The molecule has 0 radical (unpaired) electrons. The number of benzene rings is 1. The van der Waals surface area contributed by atoms with E-state index in [2.05, 4.69) is 42.1 Å². The van der Waals surface area contributed by atoms with Gasteiger partial charge in [0.05, 0.1) is 13.2 Å². The Morgan fingerprint density at radius 1 is 1.35 bits per heavy atom. The summed E-state index contributed by atoms with van der Waals surface area (Å²) >= 11 is 0. The van der Waals surface area contributed by atoms with E-state index in [9.17, 15) is 4.79 Å². The summed E-state index contributed by atoms with van der Waals surface area (Å²) in [7, 11) is 2.07. The van der Waals surface area contributed by atoms with E-state index in [1.165, 1.54) is 16.5 Å². The zero-order chi connectivity index (χ0) is 16.4. The first-order valence-corrected chi connectivity index (χ1v) is 8.45. The van der Waals surface area contributed by atoms with Crippen LogP contribution in [0.2, 0.25) is 0 Å². The Balaban J connectivity index is 1.72. The summed E-state index contributed by atoms with van der Waals surface area (Å²) in [5.74, 6) is 0.648. The number of hydrogen-bond acceptors (Lipinski definition) is 2. The van der Waals surface area contributed by atoms with Crippen molar-refractivity contribution in [3.05, 3.63) is 36.0 Å². The maximum absolute atomic E-state index is 12.3. The Morgan fingerprint density at radius 2 is 2.17 bits per heavy atom. The van der Waals surface area contributed by atoms with Gasteiger partial charge in [-0.15, -0.1) is 0 Å². The van der Waals surface area contributed by atoms with E-state index in [1.807, 2.05) is 18.7 Å². The Bertz CT molecular complexity index is 690. The Kier molecular flexibility index (Phi) is 4.71. The molecule has 124 valence electrons. The van der Waals surface area contributed by atoms with Gasteiger partial charge in [0.2, 0.25) is 5.91 Å². The van der Waals surface area contributed by atoms with Gasteiger partial charge in [-0.05, 0) is 35.6 Å². The molecule has 4 nitrogen and oxygen atoms in total. The van der Waals surface area contributed by atoms with Crippen LogP contribution in [0.3, 0.4) is 0 Å². The third-order valence-corrected chi connectivity index (χ3v) is 4.62. The quantitative estimate of drug-likeness (QED) is 0.873. The average Bonchev–Trinajstić information content (AvgIpc) is 2.75. The van der Waals surface area contributed by atoms with Crippen molar-refractivity contribution in [3.63, 3.8) is 0 Å². The third-order valence-electron chi connectivity index (χ3n) is 4.62. The Morgan fingerprint density at radius 3 is 2.96 bits per heavy atom. The molecule has 1 fully saturated rings. The topological polar surface area (TPSA) is 34.5 Å². The smallest absolute Gasteiger partial charge is 0.225 e. The minimum absolute atomic E-state index is 0.0504. The minimum Gasteiger partial charge on any atom is -0.379 e. The van der Waals surface area contributed by atoms with Crippen molar-refractivity contribution in [2.24, 2.45) is 18.9 Å². The van der Waals surface area contributed by atoms with E-state index < -0.39 is 0 Å². The van der Waals surface area contributed by atoms with Crippen LogP contribution in [0.15, 0.2) is 30.5 Å². The number of ether oxygens (including phenoxy) is 1. The number of amides is 1. The molecule has 0 spiro atoms. The fourth-order valence-electron chi connectivity index (χ4n) is 3.36. The number of nitrogens with zero attached hydrogens (tertiary/aromatic N) is 2. The van der Waals surface area contributed by atoms with E-state index in [1.54, 1.807) is 0 Å². The molecule has 1 aromatic carbocycles. The molecule has 1 unspecified atom stereocenters. The van der Waals surface area contributed by atoms with Crippen molar-refractivity contribution in [3.8, 4) is 0 Å². The van der Waals surface area contributed by atoms with E-state index in [-0.39, 0.29) is 11.8 Å². The third kappa shape index (κ3) is 3.58. The van der Waals surface area contributed by atoms with Crippen molar-refractivity contribution in [2.75, 3.05) is 26.3 Å². The molecule has 1 aliphatic rings. The first-order chi connectivity index (χ1) is 11.0. The molecule has 0 N–H and O–H groups in total. The second kappa shape index (κ2) is 6.75. The summed E-state index contributed by atoms with van der Waals surface area (Å²) in [4.78, 5) is 14.3. The van der Waals surface area contributed by atoms with Gasteiger partial charge in [0.15, 0.2) is 0 Å². The summed E-state index contributed by atoms with van der Waals surface area (Å²) in [6, 6.07) is 8.78. The highest BCUT2D eigenvalue weighted by Gasteiger charge is 2.24. The molecular formula is C19H26N2O2. The number of hydrogen-bond donors (Lipinski definition) is 0. The SMILES string of the molecule is CC(C)C(=O)N1CCOCC(Cc2ccc3c(ccn3C)c2)C1. The number of aromatic nitrogens is 1. The maximum Gasteiger partial charge on any atom is 0.225 e. The fraction of sp³-hybridized carbons (Fsp3) is 0.526. The molecule has 2 heterocycles. The zero-order valence-electron chi connectivity index (χ0n) is 14.3. The first-order valence-electron chi connectivity index (χ1n) is 8.45. The number of fused-ring (bicyclic) bond motifs is 1. The monoisotopic (exact) mass is 314 g/mol. The molecule has 23 heavy (non-hydrogen) atoms. The summed E-state index contributed by atoms with van der Waals surface area (Å²) < 4.78 is 7.87. The van der Waals surface area contributed by atoms with Crippen LogP contribution >= 0.6 is 0 Å². The van der Waals surface area contributed by atoms with Crippen LogP contribution < -0.4 is 0 Å². The lowest BCUT2D eigenvalue weighted by atomic mass is 9.98. The molecule has 1 atom stereocenters. The van der Waals surface area contributed by atoms with Gasteiger partial charge < -0.3 is 14.2 Å². The predicted molar refractivity (Wildman–Crippen MR) is 92.4 cm³/mol. The second-order valence-electron chi connectivity index (χ2n) is 6.90. The largest absolute Gasteiger partial charge is 0.379 e. The summed E-state index contributed by atoms with van der Waals surface area (Å²) in [5.41, 5.74) is 2.57. The number of aryl methyl sites for hydroxylation is 1. The molecule has 1 aromatic heterocycles. The van der Waals surface area contributed by atoms with Crippen LogP contribution in [0.5, 0.6) is 0 Å². The molecule has 3 rings (SSSR count). The van der Waals surface area contributed by atoms with Gasteiger partial charge in [-0.25, -0.2) is 0 Å². The van der Waals surface area contributed by atoms with Crippen LogP contribution in [0, 0.1) is 11.8 Å². The van der Waals surface area contributed by atoms with Crippen LogP contribution in [-0.2, 0) is 23.0 Å². The van der Waals surface area contributed by atoms with Crippen molar-refractivity contribution in [1.29, 1.82) is 0 Å². The van der Waals surface area contributed by atoms with Crippen LogP contribution in [-0.4, -0.2) is 41.7 Å². The van der Waals surface area contributed by atoms with Gasteiger partial charge in [0, 0.05) is 43.7 Å². The molecule has 4 heteroatoms. The zero-order valence-corrected chi connectivity index (χ0v) is 14.3. The minimum atomic E-state index is 0.0504. The van der Waals surface area contributed by atoms with E-state index in [4.69, 9.17) is 4.74 Å². The van der Waals surface area contributed by atoms with E-state index in [0.29, 0.717) is 19.1 Å². The highest BCUT2D eigenvalue weighted by Crippen LogP contribution is 2.20. The fourth-order valence-corrected chi connectivity index (χ4v) is 3.36. The normalized spacial score (nSPS) is 19.3. The molecule has 0 aliphatic carbocycles. The van der Waals surface area contributed by atoms with Crippen molar-refractivity contribution in [1.82, 2.24) is 9.47 Å². The van der Waals surface area contributed by atoms with E-state index >= 15 is 0 Å². The molecule has 0 saturated carbocycles. The maximum atomic E-state index is 12.3. The first kappa shape index (κ1) is 16.1. The summed E-state index contributed by atoms with van der Waals surface area (Å²) in [5, 5.41) is 1.27. The van der Waals surface area contributed by atoms with Crippen molar-refractivity contribution >= 4 is 16.8 Å². The molecule has 1 aliphatic heterocycles. The molecule has 2 aromatic rings. The van der Waals surface area contributed by atoms with Gasteiger partial charge >= 0.3 is 0 Å². The molecule has 0 bridgehead atoms. The standard InChI is InChI=1S/C19H26N2O2/c1-14(2)19(22)21-8-9-23-13-16(12-21)10-15-4-5-18-17(11-15)6-7-20(18)3/h4-7,11,14,16H,8-10,12-13H2,1-3H3. The van der Waals surface area contributed by atoms with Crippen molar-refractivity contribution in [2.45, 2.75) is 20.3 Å². The van der Waals surface area contributed by atoms with Crippen LogP contribution in [0.25, 0.3) is 10.9 Å². The number of carbonyl (C=O) groups is 1. The molecule has 1 saturated heterocycles. The molecular weight excluding hydrogens is 288 g/mol. The predicted octanol–water partition coefficient (Wildman–Crippen LogP) is 2.85. The average molecular weight is 314 g/mol. The van der Waals surface area contributed by atoms with Gasteiger partial charge in [-0.2, -0.15) is 0 Å². The summed E-state index contributed by atoms with van der Waals surface area (Å²) in [6.07, 6.45) is 3.04. The number of rotatable bonds is 3. The lowest BCUT2D eigenvalue weighted by Crippen LogP contribution is -2.38. The Labute approximate surface area is 138 Å². The van der Waals surface area contributed by atoms with Crippen LogP contribution in [0.4, 0.5) is 0 Å². The highest BCUT2D eigenvalue weighted by molar-refractivity contribution is 5.80. The van der Waals surface area contributed by atoms with Crippen LogP contribution in [0.1, 0.15) is 19.4 Å². The lowest BCUT2D eigenvalue weighted by molar-refractivity contribution is -0.134. The second-order valence-corrected chi connectivity index (χ2v) is 6.90. The van der Waals surface area contributed by atoms with Crippen molar-refractivity contribution < 1.29 is 9.53 Å².